The molecule has 10 nitrogen and oxygen atoms in total. The van der Waals surface area contributed by atoms with Crippen LogP contribution in [0.5, 0.6) is 0 Å². The summed E-state index contributed by atoms with van der Waals surface area (Å²) in [6.07, 6.45) is -0.778. The van der Waals surface area contributed by atoms with Crippen LogP contribution in [0.4, 0.5) is 35.4 Å². The molecule has 0 spiro atoms. The Morgan fingerprint density at radius 3 is 1.55 bits per heavy atom. The lowest BCUT2D eigenvalue weighted by molar-refractivity contribution is -0.0000181. The van der Waals surface area contributed by atoms with E-state index in [9.17, 15) is 30.7 Å². The van der Waals surface area contributed by atoms with Crippen LogP contribution < -0.4 is 10.0 Å². The summed E-state index contributed by atoms with van der Waals surface area (Å²) in [7, 11) is 0. The van der Waals surface area contributed by atoms with E-state index in [1.54, 1.807) is 0 Å². The lowest BCUT2D eigenvalue weighted by Crippen LogP contribution is -3.00. The van der Waals surface area contributed by atoms with Crippen molar-refractivity contribution >= 4 is 5.97 Å². The molecule has 1 N–H and O–H groups in total. The van der Waals surface area contributed by atoms with Gasteiger partial charge in [-0.05, 0) is 17.2 Å². The molecule has 1 saturated heterocycles. The van der Waals surface area contributed by atoms with Crippen molar-refractivity contribution in [2.45, 2.75) is 6.05 Å². The van der Waals surface area contributed by atoms with Crippen molar-refractivity contribution < 1.29 is 40.1 Å². The number of nitrogens with zero attached hydrogens (tertiary/aromatic N) is 9. The highest BCUT2D eigenvalue weighted by molar-refractivity contribution is 5.88. The number of hydrogen-bond donors (Lipinski definition) is 1. The predicted molar refractivity (Wildman–Crippen MR) is 79.2 cm³/mol. The molecule has 0 unspecified atom stereocenters. The third kappa shape index (κ3) is 51.6. The Morgan fingerprint density at radius 2 is 1.55 bits per heavy atom. The zero-order chi connectivity index (χ0) is 22.0. The summed E-state index contributed by atoms with van der Waals surface area (Å²) in [6, 6.07) is -2.50. The molecule has 3 heterocycles. The lowest BCUT2D eigenvalue weighted by atomic mass is 10.9. The van der Waals surface area contributed by atoms with Crippen LogP contribution >= 0.6 is 0 Å². The molecule has 3 aliphatic heterocycles. The van der Waals surface area contributed by atoms with Crippen LogP contribution in [0.15, 0.2) is 47.4 Å². The minimum Gasteiger partial charge on any atom is -1.00 e. The van der Waals surface area contributed by atoms with Gasteiger partial charge in [-0.25, -0.2) is 9.71 Å². The molecular formula is C10H11F9N10. The number of halogens is 9. The van der Waals surface area contributed by atoms with Gasteiger partial charge in [0, 0.05) is 15.7 Å². The third-order valence-corrected chi connectivity index (χ3v) is 1.35. The van der Waals surface area contributed by atoms with Gasteiger partial charge in [0.05, 0.1) is 11.6 Å². The fourth-order valence-corrected chi connectivity index (χ4v) is 0.286. The van der Waals surface area contributed by atoms with E-state index in [1.807, 2.05) is 5.32 Å². The highest BCUT2D eigenvalue weighted by Gasteiger charge is 2.42. The standard InChI is InChI=1S/C2H3F2N.C2H2F2.C2HFN3.C2H2FN3.C2H2FN.2FH.N2/c3-2(4)1-5-2;1-2(3)4;3-2-1-6(2)5-4;1-2(3)5-6-4;3-2-1-4-2;;;1-2/h5H,1H2;1H2;1H;1H2;1H2;2*1H;/q;;+1;;;;;/p-1. The molecule has 0 aromatic rings. The Kier molecular flexibility index (Phi) is 25.5. The van der Waals surface area contributed by atoms with Crippen LogP contribution in [-0.2, 0) is 0 Å². The summed E-state index contributed by atoms with van der Waals surface area (Å²) in [5.74, 6) is -1.71. The Hall–Kier alpha value is -3.83. The van der Waals surface area contributed by atoms with Crippen molar-refractivity contribution in [3.05, 3.63) is 52.9 Å². The molecule has 0 saturated carbocycles. The van der Waals surface area contributed by atoms with E-state index in [2.05, 4.69) is 33.3 Å². The first kappa shape index (κ1) is 36.1. The predicted octanol–water partition coefficient (Wildman–Crippen LogP) is 1.71. The van der Waals surface area contributed by atoms with E-state index >= 15 is 0 Å². The van der Waals surface area contributed by atoms with Crippen LogP contribution in [0.25, 0.3) is 15.5 Å². The fourth-order valence-electron chi connectivity index (χ4n) is 0.286. The molecule has 0 amide bonds. The van der Waals surface area contributed by atoms with Gasteiger partial charge in [-0.3, -0.25) is 9.70 Å². The SMILES string of the molecule is C=C(F)F.C=C(F)N=[N+]=[N-].F.FC1(F)CN1.FC1=NC1.N#N.N#[N+]N1C=C1F.[F-]. The summed E-state index contributed by atoms with van der Waals surface area (Å²) in [6.45, 7) is 5.11. The molecule has 3 rings (SSSR count). The van der Waals surface area contributed by atoms with E-state index in [4.69, 9.17) is 21.7 Å². The highest BCUT2D eigenvalue weighted by atomic mass is 19.3. The molecule has 1 fully saturated rings. The highest BCUT2D eigenvalue weighted by Crippen LogP contribution is 2.20. The number of hydrogen-bond acceptors (Lipinski definition) is 7. The molecule has 3 aliphatic rings. The molecule has 0 aliphatic carbocycles. The van der Waals surface area contributed by atoms with E-state index in [0.717, 1.165) is 11.2 Å². The maximum absolute atomic E-state index is 11.3. The largest absolute Gasteiger partial charge is 1.00 e. The van der Waals surface area contributed by atoms with Crippen molar-refractivity contribution in [1.29, 1.82) is 16.2 Å². The van der Waals surface area contributed by atoms with Crippen molar-refractivity contribution in [1.82, 2.24) is 10.3 Å². The summed E-state index contributed by atoms with van der Waals surface area (Å²) in [5, 5.41) is 27.1. The molecular weight excluding hydrogens is 431 g/mol. The maximum atomic E-state index is 11.3. The average molecular weight is 442 g/mol. The monoisotopic (exact) mass is 442 g/mol. The minimum absolute atomic E-state index is 0. The van der Waals surface area contributed by atoms with Crippen molar-refractivity contribution in [2.24, 2.45) is 10.1 Å². The zero-order valence-corrected chi connectivity index (χ0v) is 13.9. The van der Waals surface area contributed by atoms with Crippen LogP contribution in [0, 0.1) is 16.2 Å². The van der Waals surface area contributed by atoms with Gasteiger partial charge in [0.15, 0.2) is 12.2 Å². The second kappa shape index (κ2) is 20.5. The van der Waals surface area contributed by atoms with Gasteiger partial charge in [0.2, 0.25) is 5.97 Å². The van der Waals surface area contributed by atoms with Gasteiger partial charge >= 0.3 is 11.1 Å². The number of azide groups is 1. The summed E-state index contributed by atoms with van der Waals surface area (Å²) >= 11 is 0. The second-order valence-corrected chi connectivity index (χ2v) is 3.54. The number of nitrogens with one attached hydrogen (secondary N) is 1. The molecule has 164 valence electrons. The van der Waals surface area contributed by atoms with Crippen LogP contribution in [0.3, 0.4) is 0 Å². The number of rotatable bonds is 1. The smallest absolute Gasteiger partial charge is 0.318 e. The summed E-state index contributed by atoms with van der Waals surface area (Å²) in [4.78, 5) is 5.24. The van der Waals surface area contributed by atoms with Gasteiger partial charge in [-0.2, -0.15) is 26.3 Å². The van der Waals surface area contributed by atoms with Crippen LogP contribution in [0.2, 0.25) is 0 Å². The molecule has 0 radical (unpaired) electrons. The normalized spacial score (nSPS) is 13.4. The fraction of sp³-hybridized carbons (Fsp3) is 0.300. The third-order valence-electron chi connectivity index (χ3n) is 1.35. The molecule has 29 heavy (non-hydrogen) atoms. The molecule has 0 atom stereocenters. The van der Waals surface area contributed by atoms with Gasteiger partial charge < -0.3 is 4.70 Å². The zero-order valence-electron chi connectivity index (χ0n) is 13.9. The van der Waals surface area contributed by atoms with E-state index in [0.29, 0.717) is 6.54 Å². The van der Waals surface area contributed by atoms with Crippen LogP contribution in [-0.4, -0.2) is 30.1 Å². The van der Waals surface area contributed by atoms with Crippen molar-refractivity contribution in [2.75, 3.05) is 13.1 Å². The van der Waals surface area contributed by atoms with Gasteiger partial charge in [0.1, 0.15) is 6.54 Å². The quantitative estimate of drug-likeness (QED) is 0.124. The molecule has 0 bridgehead atoms. The molecule has 0 aromatic carbocycles. The second-order valence-electron chi connectivity index (χ2n) is 3.54. The van der Waals surface area contributed by atoms with E-state index < -0.39 is 24.0 Å². The average Bonchev–Trinajstić information content (AvgIpc) is 3.48. The number of aliphatic imine (C=N–C) groups is 1. The van der Waals surface area contributed by atoms with Gasteiger partial charge in [-0.1, -0.05) is 6.58 Å². The maximum Gasteiger partial charge on any atom is 0.318 e. The Morgan fingerprint density at radius 1 is 1.28 bits per heavy atom. The Labute approximate surface area is 156 Å². The Balaban J connectivity index is -0.0000000803. The minimum atomic E-state index is -2.50. The number of alkyl halides is 2. The molecule has 0 aromatic heterocycles. The van der Waals surface area contributed by atoms with Crippen molar-refractivity contribution in [3.8, 4) is 0 Å². The summed E-state index contributed by atoms with van der Waals surface area (Å²) in [5.41, 5.74) is 7.39. The molecule has 19 heteroatoms. The lowest BCUT2D eigenvalue weighted by Gasteiger charge is -1.74. The van der Waals surface area contributed by atoms with E-state index in [-0.39, 0.29) is 21.9 Å². The van der Waals surface area contributed by atoms with Crippen molar-refractivity contribution in [3.63, 3.8) is 0 Å². The van der Waals surface area contributed by atoms with E-state index in [1.165, 1.54) is 0 Å². The Bertz CT molecular complexity index is 653. The summed E-state index contributed by atoms with van der Waals surface area (Å²) < 4.78 is 75.6. The first-order valence-corrected chi connectivity index (χ1v) is 5.87. The number of diazo groups is 1. The first-order valence-electron chi connectivity index (χ1n) is 5.87. The van der Waals surface area contributed by atoms with Crippen LogP contribution in [0.1, 0.15) is 0 Å². The topological polar surface area (TPSA) is 162 Å². The first-order chi connectivity index (χ1) is 12.4. The van der Waals surface area contributed by atoms with Gasteiger partial charge in [-0.15, -0.1) is 0 Å². The van der Waals surface area contributed by atoms with Gasteiger partial charge in [0.25, 0.3) is 17.4 Å².